The smallest absolute Gasteiger partial charge is 1.00 e. The van der Waals surface area contributed by atoms with Crippen molar-refractivity contribution >= 4 is 125 Å². The molecule has 0 saturated heterocycles. The molecule has 6 N–H and O–H groups in total. The van der Waals surface area contributed by atoms with Crippen molar-refractivity contribution in [1.82, 2.24) is 0 Å². The molecule has 31 heteroatoms. The Bertz CT molecular complexity index is 4580. The predicted molar refractivity (Wildman–Crippen MR) is 361 cm³/mol. The van der Waals surface area contributed by atoms with E-state index >= 15 is 0 Å². The van der Waals surface area contributed by atoms with E-state index in [1.165, 1.54) is 53.5 Å². The molecule has 96 heavy (non-hydrogen) atoms. The van der Waals surface area contributed by atoms with Crippen LogP contribution in [-0.4, -0.2) is 107 Å². The van der Waals surface area contributed by atoms with Gasteiger partial charge in [-0.2, -0.15) is 8.42 Å². The number of thiophene rings is 2. The van der Waals surface area contributed by atoms with Gasteiger partial charge in [-0.25, -0.2) is 31.6 Å². The van der Waals surface area contributed by atoms with Gasteiger partial charge in [-0.05, 0) is 121 Å². The first-order valence-electron chi connectivity index (χ1n) is 26.9. The summed E-state index contributed by atoms with van der Waals surface area (Å²) < 4.78 is 104. The fraction of sp³-hybridized carbons (Fsp3) is 0.123. The minimum Gasteiger partial charge on any atom is -1.00 e. The van der Waals surface area contributed by atoms with E-state index in [0.29, 0.717) is 40.9 Å². The molecule has 0 aliphatic carbocycles. The number of hydrogen-bond acceptors (Lipinski definition) is 15. The third kappa shape index (κ3) is 22.2. The minimum atomic E-state index is -4.78. The number of aryl methyl sites for hydroxylation is 3. The van der Waals surface area contributed by atoms with Gasteiger partial charge in [0.25, 0.3) is 10.1 Å². The van der Waals surface area contributed by atoms with Crippen LogP contribution in [0.3, 0.4) is 0 Å². The molecule has 1 atom stereocenters. The maximum atomic E-state index is 12.0. The second-order valence-corrected chi connectivity index (χ2v) is 32.0. The number of benzene rings is 9. The molecule has 0 spiro atoms. The van der Waals surface area contributed by atoms with Gasteiger partial charge in [-0.1, -0.05) is 95.6 Å². The molecule has 11 aromatic rings. The Morgan fingerprint density at radius 2 is 0.771 bits per heavy atom. The largest absolute Gasteiger partial charge is 1.00 e. The van der Waals surface area contributed by atoms with Crippen LogP contribution in [0.5, 0.6) is 17.2 Å². The van der Waals surface area contributed by atoms with Crippen LogP contribution in [0.25, 0.3) is 61.3 Å². The second-order valence-electron chi connectivity index (χ2n) is 19.8. The van der Waals surface area contributed by atoms with Gasteiger partial charge >= 0.3 is 62.5 Å². The summed E-state index contributed by atoms with van der Waals surface area (Å²) in [6, 6.07) is 60.8. The van der Waals surface area contributed by atoms with Gasteiger partial charge in [0, 0.05) is 73.0 Å². The molecule has 1 aliphatic heterocycles. The Hall–Kier alpha value is -6.13. The Kier molecular flexibility index (Phi) is 32.6. The van der Waals surface area contributed by atoms with Crippen molar-refractivity contribution in [3.63, 3.8) is 0 Å². The van der Waals surface area contributed by atoms with Crippen molar-refractivity contribution in [1.29, 1.82) is 0 Å². The zero-order chi connectivity index (χ0) is 68.9. The van der Waals surface area contributed by atoms with Gasteiger partial charge in [0.15, 0.2) is 28.6 Å². The van der Waals surface area contributed by atoms with Crippen LogP contribution in [0.4, 0.5) is 0 Å². The van der Waals surface area contributed by atoms with Crippen LogP contribution in [0, 0.1) is 20.8 Å². The van der Waals surface area contributed by atoms with Crippen LogP contribution < -0.4 is 96.6 Å². The first-order valence-corrected chi connectivity index (χ1v) is 37.7. The molecule has 0 bridgehead atoms. The van der Waals surface area contributed by atoms with E-state index in [4.69, 9.17) is 46.6 Å². The zero-order valence-electron chi connectivity index (χ0n) is 52.4. The molecular formula is C65H61I2NaO21P2S5. The third-order valence-corrected chi connectivity index (χ3v) is 21.2. The summed E-state index contributed by atoms with van der Waals surface area (Å²) in [4.78, 5) is 62.5. The summed E-state index contributed by atoms with van der Waals surface area (Å²) in [5.41, 5.74) is 5.89. The van der Waals surface area contributed by atoms with Crippen LogP contribution in [-0.2, 0) is 40.2 Å². The number of carbonyl (C=O) groups is 3. The fourth-order valence-corrected chi connectivity index (χ4v) is 16.0. The van der Waals surface area contributed by atoms with Crippen LogP contribution in [0.1, 0.15) is 47.8 Å². The number of aromatic carboxylic acids is 3. The molecule has 0 radical (unpaired) electrons. The number of halogens is 2. The van der Waals surface area contributed by atoms with Crippen molar-refractivity contribution in [2.24, 2.45) is 0 Å². The molecule has 1 aliphatic rings. The molecule has 3 heterocycles. The van der Waals surface area contributed by atoms with Crippen LogP contribution >= 0.6 is 35.9 Å². The Morgan fingerprint density at radius 1 is 0.500 bits per heavy atom. The number of methoxy groups -OCH3 is 3. The molecule has 0 saturated carbocycles. The number of carboxylic acids is 3. The van der Waals surface area contributed by atoms with Crippen molar-refractivity contribution in [3.8, 4) is 38.2 Å². The summed E-state index contributed by atoms with van der Waals surface area (Å²) in [7, 11) is -13.1. The fourth-order valence-electron chi connectivity index (χ4n) is 9.39. The molecule has 0 fully saturated rings. The molecular weight excluding hydrogens is 1620 g/mol. The van der Waals surface area contributed by atoms with Crippen LogP contribution in [0.2, 0.25) is 0 Å². The van der Waals surface area contributed by atoms with E-state index < -0.39 is 84.9 Å². The van der Waals surface area contributed by atoms with E-state index in [1.54, 1.807) is 38.5 Å². The van der Waals surface area contributed by atoms with Gasteiger partial charge < -0.3 is 86.9 Å². The monoisotopic (exact) mass is 1680 g/mol. The summed E-state index contributed by atoms with van der Waals surface area (Å²) >= 11 is 0. The number of rotatable bonds is 9. The van der Waals surface area contributed by atoms with Crippen molar-refractivity contribution < 1.29 is 175 Å². The molecule has 0 amide bonds. The van der Waals surface area contributed by atoms with Gasteiger partial charge in [0.2, 0.25) is 0 Å². The van der Waals surface area contributed by atoms with E-state index in [0.717, 1.165) is 47.4 Å². The van der Waals surface area contributed by atoms with Crippen LogP contribution in [0.15, 0.2) is 198 Å². The molecule has 9 aromatic carbocycles. The second kappa shape index (κ2) is 37.2. The average molecular weight is 1680 g/mol. The summed E-state index contributed by atoms with van der Waals surface area (Å²) in [6.45, 7) is 5.76. The molecule has 502 valence electrons. The van der Waals surface area contributed by atoms with Crippen molar-refractivity contribution in [2.45, 2.75) is 30.6 Å². The van der Waals surface area contributed by atoms with E-state index in [2.05, 4.69) is 48.5 Å². The topological polar surface area (TPSA) is 366 Å². The van der Waals surface area contributed by atoms with E-state index in [1.807, 2.05) is 130 Å². The quantitative estimate of drug-likeness (QED) is 0.0368. The van der Waals surface area contributed by atoms with Gasteiger partial charge in [0.1, 0.15) is 28.4 Å². The zero-order valence-corrected chi connectivity index (χ0v) is 64.6. The predicted octanol–water partition coefficient (Wildman–Crippen LogP) is 4.89. The average Bonchev–Trinajstić information content (AvgIpc) is 1.59. The summed E-state index contributed by atoms with van der Waals surface area (Å²) in [6.07, 6.45) is 1.32. The maximum absolute atomic E-state index is 12.0. The van der Waals surface area contributed by atoms with Crippen molar-refractivity contribution in [3.05, 3.63) is 221 Å². The normalized spacial score (nSPS) is 11.2. The summed E-state index contributed by atoms with van der Waals surface area (Å²) in [5.74, 6) is -0.982. The molecule has 1 unspecified atom stereocenters. The minimum absolute atomic E-state index is 0. The standard InChI is InChI=1S/2C21H16O3S.C12H8OS.C9H10O3.2CH4O3S.2HI.Na.H2O5P2/c2*1-13-11-20(16(21(22)23)12-17(13)24-2)25-18-9-5-3-7-14(18)15-8-4-6-10-19(15)25;13-14-11-7-3-1-5-9(11)10-6-2-4-8-12(10)14;1-6-3-4-7(9(10)11)5-8(6)12-2;2*1-5(2,3)4;;;;1-6(2)7(3,4)5/h2*3-12H,1-2H3;1-8H;3-5H,1-2H3,(H,10,11);2*1H3,(H,2,3,4);2*1H;;(H2,3,4,5)/q;;;;;;;;+1;/p-1. The molecule has 21 nitrogen and oxygen atoms in total. The van der Waals surface area contributed by atoms with E-state index in [9.17, 15) is 51.2 Å². The Morgan fingerprint density at radius 3 is 1.04 bits per heavy atom. The number of hydrogen-bond donors (Lipinski definition) is 6. The number of carboxylic acid groups (broad SMARTS) is 3. The van der Waals surface area contributed by atoms with E-state index in [-0.39, 0.29) is 83.1 Å². The Balaban J connectivity index is 0.000000314. The van der Waals surface area contributed by atoms with Gasteiger partial charge in [0.05, 0.1) is 63.9 Å². The molecule has 2 aromatic heterocycles. The van der Waals surface area contributed by atoms with Gasteiger partial charge in [-0.15, -0.1) is 0 Å². The SMILES string of the molecule is COc1cc(C(=O)O)c(-[s+]2c3ccccc3c3ccccc32)cc1C.COc1cc(C(=O)O)c(-[s+]2c3ccccc3c3ccccc32)cc1C.COc1cc(C(=O)O)ccc1C.CS(=O)(=O)O.CS(=O)(=O)[O-].O=S1c2ccccc2-c2ccccc21.O=[P+]([O-])P(=O)(O)O.[I-].[I-].[Na+]. The third-order valence-electron chi connectivity index (χ3n) is 13.2. The molecule has 12 rings (SSSR count). The first-order chi connectivity index (χ1) is 43.7. The number of fused-ring (bicyclic) bond motifs is 9. The maximum Gasteiger partial charge on any atom is 1.00 e. The Labute approximate surface area is 618 Å². The van der Waals surface area contributed by atoms with Crippen molar-refractivity contribution in [2.75, 3.05) is 33.8 Å². The number of ether oxygens (including phenoxy) is 3. The first kappa shape index (κ1) is 84.1. The summed E-state index contributed by atoms with van der Waals surface area (Å²) in [5, 5.41) is 32.9. The van der Waals surface area contributed by atoms with Gasteiger partial charge in [-0.3, -0.25) is 14.3 Å².